The Kier molecular flexibility index (Phi) is 10.3. The fraction of sp³-hybridized carbons (Fsp3) is 0.500. The highest BCUT2D eigenvalue weighted by molar-refractivity contribution is 7.12. The molecule has 27 heavy (non-hydrogen) atoms. The van der Waals surface area contributed by atoms with Gasteiger partial charge in [0, 0.05) is 23.2 Å². The summed E-state index contributed by atoms with van der Waals surface area (Å²) in [5.41, 5.74) is 2.00. The van der Waals surface area contributed by atoms with Crippen LogP contribution in [0.25, 0.3) is 0 Å². The van der Waals surface area contributed by atoms with Gasteiger partial charge in [-0.1, -0.05) is 54.5 Å². The highest BCUT2D eigenvalue weighted by atomic mass is 35.5. The van der Waals surface area contributed by atoms with Gasteiger partial charge in [-0.2, -0.15) is 0 Å². The number of phenols is 1. The van der Waals surface area contributed by atoms with Crippen LogP contribution in [0.3, 0.4) is 0 Å². The van der Waals surface area contributed by atoms with Crippen molar-refractivity contribution in [3.63, 3.8) is 0 Å². The number of aromatic hydroxyl groups is 1. The second-order valence-corrected chi connectivity index (χ2v) is 9.17. The van der Waals surface area contributed by atoms with Crippen LogP contribution in [-0.4, -0.2) is 23.0 Å². The van der Waals surface area contributed by atoms with Crippen LogP contribution < -0.4 is 5.32 Å². The van der Waals surface area contributed by atoms with Crippen molar-refractivity contribution in [1.82, 2.24) is 5.32 Å². The first-order valence-corrected chi connectivity index (χ1v) is 9.99. The minimum Gasteiger partial charge on any atom is -0.507 e. The van der Waals surface area contributed by atoms with Crippen molar-refractivity contribution in [2.24, 2.45) is 0 Å². The third-order valence-corrected chi connectivity index (χ3v) is 4.65. The molecule has 2 N–H and O–H groups in total. The van der Waals surface area contributed by atoms with Gasteiger partial charge in [-0.3, -0.25) is 4.79 Å². The minimum atomic E-state index is -0.194. The molecule has 1 heterocycles. The molecule has 5 heteroatoms. The van der Waals surface area contributed by atoms with Crippen molar-refractivity contribution >= 4 is 29.5 Å². The highest BCUT2D eigenvalue weighted by Crippen LogP contribution is 2.34. The summed E-state index contributed by atoms with van der Waals surface area (Å²) in [4.78, 5) is 13.1. The van der Waals surface area contributed by atoms with E-state index in [1.54, 1.807) is 6.07 Å². The van der Waals surface area contributed by atoms with E-state index in [0.717, 1.165) is 16.0 Å². The molecule has 0 spiro atoms. The second kappa shape index (κ2) is 10.8. The average molecular weight is 412 g/mol. The Balaban J connectivity index is 0.000000728. The lowest BCUT2D eigenvalue weighted by Crippen LogP contribution is -2.29. The van der Waals surface area contributed by atoms with Gasteiger partial charge in [0.15, 0.2) is 0 Å². The summed E-state index contributed by atoms with van der Waals surface area (Å²) >= 11 is 1.44. The number of halogens is 1. The van der Waals surface area contributed by atoms with Crippen LogP contribution in [0.2, 0.25) is 0 Å². The van der Waals surface area contributed by atoms with Gasteiger partial charge in [0.25, 0.3) is 0 Å². The Morgan fingerprint density at radius 3 is 2.04 bits per heavy atom. The van der Waals surface area contributed by atoms with E-state index in [1.807, 2.05) is 51.3 Å². The molecule has 0 fully saturated rings. The summed E-state index contributed by atoms with van der Waals surface area (Å²) in [6.07, 6.45) is 0. The third-order valence-electron chi connectivity index (χ3n) is 3.78. The zero-order chi connectivity index (χ0) is 20.1. The van der Waals surface area contributed by atoms with E-state index < -0.39 is 0 Å². The minimum absolute atomic E-state index is 0. The number of ketones is 1. The Morgan fingerprint density at radius 2 is 1.67 bits per heavy atom. The molecule has 0 saturated heterocycles. The van der Waals surface area contributed by atoms with E-state index in [1.165, 1.54) is 11.3 Å². The summed E-state index contributed by atoms with van der Waals surface area (Å²) in [7, 11) is 0. The number of hydrogen-bond donors (Lipinski definition) is 2. The Hall–Kier alpha value is -1.36. The zero-order valence-corrected chi connectivity index (χ0v) is 19.3. The number of carbonyl (C=O) groups is 1. The quantitative estimate of drug-likeness (QED) is 0.597. The number of aryl methyl sites for hydroxylation is 1. The van der Waals surface area contributed by atoms with Crippen LogP contribution in [0, 0.1) is 6.92 Å². The fourth-order valence-corrected chi connectivity index (χ4v) is 3.38. The van der Waals surface area contributed by atoms with Gasteiger partial charge in [0.05, 0.1) is 4.88 Å². The van der Waals surface area contributed by atoms with Gasteiger partial charge < -0.3 is 10.4 Å². The van der Waals surface area contributed by atoms with Crippen LogP contribution in [0.5, 0.6) is 5.75 Å². The molecule has 0 unspecified atom stereocenters. The van der Waals surface area contributed by atoms with Crippen molar-refractivity contribution < 1.29 is 9.90 Å². The van der Waals surface area contributed by atoms with Crippen molar-refractivity contribution in [2.75, 3.05) is 0 Å². The topological polar surface area (TPSA) is 49.3 Å². The standard InChI is InChI=1S/C16H18O2S.C6H15N.ClH/c1-10-8-11(15(18)13-6-5-7-19-13)9-12(14(10)17)16(2,3)4;1-5(2)7-6(3)4;/h5-9,17H,1-4H3;5-7H,1-4H3;1H. The van der Waals surface area contributed by atoms with Crippen LogP contribution in [0.4, 0.5) is 0 Å². The van der Waals surface area contributed by atoms with E-state index >= 15 is 0 Å². The molecule has 152 valence electrons. The fourth-order valence-electron chi connectivity index (χ4n) is 2.70. The van der Waals surface area contributed by atoms with Crippen molar-refractivity contribution in [3.05, 3.63) is 51.2 Å². The Morgan fingerprint density at radius 1 is 1.11 bits per heavy atom. The highest BCUT2D eigenvalue weighted by Gasteiger charge is 2.22. The largest absolute Gasteiger partial charge is 0.507 e. The van der Waals surface area contributed by atoms with Crippen molar-refractivity contribution in [3.8, 4) is 5.75 Å². The molecule has 0 aliphatic rings. The molecule has 0 amide bonds. The summed E-state index contributed by atoms with van der Waals surface area (Å²) < 4.78 is 0. The summed E-state index contributed by atoms with van der Waals surface area (Å²) in [5, 5.41) is 15.4. The van der Waals surface area contributed by atoms with Crippen LogP contribution >= 0.6 is 23.7 Å². The average Bonchev–Trinajstić information content (AvgIpc) is 3.01. The second-order valence-electron chi connectivity index (χ2n) is 8.22. The first kappa shape index (κ1) is 25.6. The maximum atomic E-state index is 12.4. The molecule has 0 saturated carbocycles. The molecular weight excluding hydrogens is 378 g/mol. The number of carbonyl (C=O) groups excluding carboxylic acids is 1. The van der Waals surface area contributed by atoms with Gasteiger partial charge in [-0.25, -0.2) is 0 Å². The number of phenolic OH excluding ortho intramolecular Hbond substituents is 1. The molecule has 2 rings (SSSR count). The normalized spacial score (nSPS) is 11.0. The number of nitrogens with one attached hydrogen (secondary N) is 1. The van der Waals surface area contributed by atoms with E-state index in [0.29, 0.717) is 17.6 Å². The lowest BCUT2D eigenvalue weighted by molar-refractivity contribution is 0.104. The molecule has 1 aromatic heterocycles. The SMILES string of the molecule is CC(C)NC(C)C.Cc1cc(C(=O)c2cccs2)cc(C(C)(C)C)c1O.Cl. The van der Waals surface area contributed by atoms with Crippen LogP contribution in [0.15, 0.2) is 29.6 Å². The monoisotopic (exact) mass is 411 g/mol. The number of benzene rings is 1. The predicted molar refractivity (Wildman–Crippen MR) is 120 cm³/mol. The smallest absolute Gasteiger partial charge is 0.202 e. The Bertz CT molecular complexity index is 711. The van der Waals surface area contributed by atoms with Crippen LogP contribution in [0.1, 0.15) is 74.8 Å². The van der Waals surface area contributed by atoms with Crippen molar-refractivity contribution in [1.29, 1.82) is 0 Å². The van der Waals surface area contributed by atoms with E-state index in [4.69, 9.17) is 0 Å². The molecule has 0 bridgehead atoms. The van der Waals surface area contributed by atoms with Gasteiger partial charge in [-0.15, -0.1) is 23.7 Å². The molecule has 1 aromatic carbocycles. The maximum absolute atomic E-state index is 12.4. The lowest BCUT2D eigenvalue weighted by atomic mass is 9.83. The van der Waals surface area contributed by atoms with Crippen LogP contribution in [-0.2, 0) is 5.41 Å². The number of hydrogen-bond acceptors (Lipinski definition) is 4. The van der Waals surface area contributed by atoms with Gasteiger partial charge in [0.1, 0.15) is 5.75 Å². The zero-order valence-electron chi connectivity index (χ0n) is 17.7. The molecule has 0 radical (unpaired) electrons. The van der Waals surface area contributed by atoms with Gasteiger partial charge in [0.2, 0.25) is 5.78 Å². The van der Waals surface area contributed by atoms with Crippen molar-refractivity contribution in [2.45, 2.75) is 72.9 Å². The third kappa shape index (κ3) is 8.04. The summed E-state index contributed by atoms with van der Waals surface area (Å²) in [5.74, 6) is 0.304. The predicted octanol–water partition coefficient (Wildman–Crippen LogP) is 6.11. The molecule has 0 aliphatic carbocycles. The lowest BCUT2D eigenvalue weighted by Gasteiger charge is -2.22. The van der Waals surface area contributed by atoms with E-state index in [2.05, 4.69) is 33.0 Å². The van der Waals surface area contributed by atoms with Gasteiger partial charge in [-0.05, 0) is 41.5 Å². The van der Waals surface area contributed by atoms with E-state index in [9.17, 15) is 9.90 Å². The Labute approximate surface area is 174 Å². The molecule has 3 nitrogen and oxygen atoms in total. The molecular formula is C22H34ClNO2S. The van der Waals surface area contributed by atoms with E-state index in [-0.39, 0.29) is 29.4 Å². The summed E-state index contributed by atoms with van der Waals surface area (Å²) in [6.45, 7) is 16.5. The number of thiophene rings is 1. The first-order chi connectivity index (χ1) is 11.9. The maximum Gasteiger partial charge on any atom is 0.202 e. The molecule has 0 atom stereocenters. The first-order valence-electron chi connectivity index (χ1n) is 9.11. The molecule has 2 aromatic rings. The van der Waals surface area contributed by atoms with Gasteiger partial charge >= 0.3 is 0 Å². The number of rotatable bonds is 4. The summed E-state index contributed by atoms with van der Waals surface area (Å²) in [6, 6.07) is 8.51. The molecule has 0 aliphatic heterocycles.